The first-order valence-corrected chi connectivity index (χ1v) is 7.59. The Morgan fingerprint density at radius 2 is 2.33 bits per heavy atom. The number of amides is 1. The molecule has 0 spiro atoms. The zero-order valence-electron chi connectivity index (χ0n) is 10.8. The van der Waals surface area contributed by atoms with Gasteiger partial charge in [0.2, 0.25) is 5.91 Å². The lowest BCUT2D eigenvalue weighted by atomic mass is 9.93. The number of fused-ring (bicyclic) bond motifs is 1. The minimum Gasteiger partial charge on any atom is -0.336 e. The molecule has 0 aliphatic carbocycles. The molecule has 18 heavy (non-hydrogen) atoms. The SMILES string of the molecule is CSCCC(=O)N1CCc2ccc(F)cc2[C@H]1C. The van der Waals surface area contributed by atoms with Gasteiger partial charge in [-0.05, 0) is 42.9 Å². The second kappa shape index (κ2) is 5.74. The fraction of sp³-hybridized carbons (Fsp3) is 0.500. The molecule has 0 fully saturated rings. The molecular formula is C14H18FNOS. The van der Waals surface area contributed by atoms with Crippen LogP contribution in [0.3, 0.4) is 0 Å². The molecule has 0 unspecified atom stereocenters. The first-order valence-electron chi connectivity index (χ1n) is 6.20. The molecule has 1 aliphatic rings. The summed E-state index contributed by atoms with van der Waals surface area (Å²) in [4.78, 5) is 14.0. The van der Waals surface area contributed by atoms with Gasteiger partial charge in [0.25, 0.3) is 0 Å². The Morgan fingerprint density at radius 3 is 3.06 bits per heavy atom. The molecule has 0 saturated carbocycles. The Kier molecular flexibility index (Phi) is 4.27. The monoisotopic (exact) mass is 267 g/mol. The molecule has 1 aromatic rings. The van der Waals surface area contributed by atoms with Gasteiger partial charge < -0.3 is 4.90 Å². The molecule has 0 aromatic heterocycles. The van der Waals surface area contributed by atoms with Crippen LogP contribution in [0.5, 0.6) is 0 Å². The fourth-order valence-corrected chi connectivity index (χ4v) is 2.84. The lowest BCUT2D eigenvalue weighted by molar-refractivity contribution is -0.133. The van der Waals surface area contributed by atoms with Gasteiger partial charge >= 0.3 is 0 Å². The second-order valence-corrected chi connectivity index (χ2v) is 5.58. The number of hydrogen-bond acceptors (Lipinski definition) is 2. The van der Waals surface area contributed by atoms with Gasteiger partial charge in [0.1, 0.15) is 5.82 Å². The molecule has 0 radical (unpaired) electrons. The van der Waals surface area contributed by atoms with E-state index in [9.17, 15) is 9.18 Å². The van der Waals surface area contributed by atoms with E-state index in [-0.39, 0.29) is 17.8 Å². The van der Waals surface area contributed by atoms with Crippen molar-refractivity contribution in [1.82, 2.24) is 4.90 Å². The van der Waals surface area contributed by atoms with E-state index < -0.39 is 0 Å². The van der Waals surface area contributed by atoms with Crippen LogP contribution in [-0.4, -0.2) is 29.4 Å². The Bertz CT molecular complexity index is 449. The maximum atomic E-state index is 13.3. The average Bonchev–Trinajstić information content (AvgIpc) is 2.37. The van der Waals surface area contributed by atoms with E-state index in [1.165, 1.54) is 6.07 Å². The molecule has 2 rings (SSSR count). The van der Waals surface area contributed by atoms with Gasteiger partial charge in [-0.15, -0.1) is 0 Å². The summed E-state index contributed by atoms with van der Waals surface area (Å²) in [7, 11) is 0. The largest absolute Gasteiger partial charge is 0.336 e. The van der Waals surface area contributed by atoms with Gasteiger partial charge in [0, 0.05) is 18.7 Å². The number of carbonyl (C=O) groups is 1. The van der Waals surface area contributed by atoms with Crippen LogP contribution in [-0.2, 0) is 11.2 Å². The highest BCUT2D eigenvalue weighted by Gasteiger charge is 2.27. The number of hydrogen-bond donors (Lipinski definition) is 0. The lowest BCUT2D eigenvalue weighted by Gasteiger charge is -2.35. The second-order valence-electron chi connectivity index (χ2n) is 4.60. The number of thioether (sulfide) groups is 1. The summed E-state index contributed by atoms with van der Waals surface area (Å²) in [6.07, 6.45) is 3.39. The van der Waals surface area contributed by atoms with Crippen molar-refractivity contribution >= 4 is 17.7 Å². The average molecular weight is 267 g/mol. The summed E-state index contributed by atoms with van der Waals surface area (Å²) in [5, 5.41) is 0. The number of carbonyl (C=O) groups excluding carboxylic acids is 1. The third-order valence-corrected chi connectivity index (χ3v) is 4.10. The smallest absolute Gasteiger partial charge is 0.223 e. The van der Waals surface area contributed by atoms with E-state index in [2.05, 4.69) is 0 Å². The van der Waals surface area contributed by atoms with Gasteiger partial charge in [-0.25, -0.2) is 4.39 Å². The molecule has 1 aliphatic heterocycles. The maximum absolute atomic E-state index is 13.3. The zero-order valence-corrected chi connectivity index (χ0v) is 11.6. The normalized spacial score (nSPS) is 18.6. The van der Waals surface area contributed by atoms with Crippen molar-refractivity contribution in [2.75, 3.05) is 18.6 Å². The van der Waals surface area contributed by atoms with Crippen LogP contribution < -0.4 is 0 Å². The molecule has 1 amide bonds. The minimum absolute atomic E-state index is 0.0150. The number of nitrogens with zero attached hydrogens (tertiary/aromatic N) is 1. The molecule has 0 bridgehead atoms. The quantitative estimate of drug-likeness (QED) is 0.839. The zero-order chi connectivity index (χ0) is 13.1. The number of benzene rings is 1. The van der Waals surface area contributed by atoms with Crippen LogP contribution in [0.1, 0.15) is 30.5 Å². The topological polar surface area (TPSA) is 20.3 Å². The highest BCUT2D eigenvalue weighted by atomic mass is 32.2. The van der Waals surface area contributed by atoms with Crippen LogP contribution in [0.25, 0.3) is 0 Å². The fourth-order valence-electron chi connectivity index (χ4n) is 2.46. The summed E-state index contributed by atoms with van der Waals surface area (Å²) in [6, 6.07) is 4.88. The van der Waals surface area contributed by atoms with Gasteiger partial charge in [0.15, 0.2) is 0 Å². The Morgan fingerprint density at radius 1 is 1.56 bits per heavy atom. The summed E-state index contributed by atoms with van der Waals surface area (Å²) in [5.74, 6) is 0.795. The Hall–Kier alpha value is -1.03. The van der Waals surface area contributed by atoms with Crippen molar-refractivity contribution in [1.29, 1.82) is 0 Å². The van der Waals surface area contributed by atoms with E-state index in [0.717, 1.165) is 29.8 Å². The van der Waals surface area contributed by atoms with Crippen molar-refractivity contribution in [2.45, 2.75) is 25.8 Å². The van der Waals surface area contributed by atoms with E-state index in [1.54, 1.807) is 17.8 Å². The van der Waals surface area contributed by atoms with Gasteiger partial charge in [-0.2, -0.15) is 11.8 Å². The van der Waals surface area contributed by atoms with E-state index >= 15 is 0 Å². The van der Waals surface area contributed by atoms with Crippen LogP contribution in [0.15, 0.2) is 18.2 Å². The highest BCUT2D eigenvalue weighted by Crippen LogP contribution is 2.30. The molecule has 4 heteroatoms. The highest BCUT2D eigenvalue weighted by molar-refractivity contribution is 7.98. The van der Waals surface area contributed by atoms with E-state index in [0.29, 0.717) is 6.42 Å². The molecular weight excluding hydrogens is 249 g/mol. The summed E-state index contributed by atoms with van der Waals surface area (Å²) < 4.78 is 13.3. The van der Waals surface area contributed by atoms with Gasteiger partial charge in [-0.1, -0.05) is 6.07 Å². The predicted molar refractivity (Wildman–Crippen MR) is 73.2 cm³/mol. The molecule has 98 valence electrons. The molecule has 1 aromatic carbocycles. The maximum Gasteiger partial charge on any atom is 0.223 e. The van der Waals surface area contributed by atoms with E-state index in [1.807, 2.05) is 24.1 Å². The molecule has 0 N–H and O–H groups in total. The Balaban J connectivity index is 2.16. The van der Waals surface area contributed by atoms with Crippen LogP contribution in [0, 0.1) is 5.82 Å². The van der Waals surface area contributed by atoms with Crippen LogP contribution in [0.4, 0.5) is 4.39 Å². The van der Waals surface area contributed by atoms with Crippen LogP contribution >= 0.6 is 11.8 Å². The van der Waals surface area contributed by atoms with Crippen molar-refractivity contribution in [3.05, 3.63) is 35.1 Å². The number of rotatable bonds is 3. The lowest BCUT2D eigenvalue weighted by Crippen LogP contribution is -2.39. The first-order chi connectivity index (χ1) is 8.63. The van der Waals surface area contributed by atoms with Crippen molar-refractivity contribution in [2.24, 2.45) is 0 Å². The molecule has 1 atom stereocenters. The van der Waals surface area contributed by atoms with Crippen LogP contribution in [0.2, 0.25) is 0 Å². The molecule has 0 saturated heterocycles. The van der Waals surface area contributed by atoms with Gasteiger partial charge in [-0.3, -0.25) is 4.79 Å². The molecule has 1 heterocycles. The number of halogens is 1. The third-order valence-electron chi connectivity index (χ3n) is 3.49. The third kappa shape index (κ3) is 2.69. The minimum atomic E-state index is -0.223. The summed E-state index contributed by atoms with van der Waals surface area (Å²) in [5.41, 5.74) is 2.12. The van der Waals surface area contributed by atoms with E-state index in [4.69, 9.17) is 0 Å². The Labute approximate surface area is 112 Å². The van der Waals surface area contributed by atoms with Crippen molar-refractivity contribution in [3.8, 4) is 0 Å². The van der Waals surface area contributed by atoms with Gasteiger partial charge in [0.05, 0.1) is 6.04 Å². The summed E-state index contributed by atoms with van der Waals surface area (Å²) >= 11 is 1.68. The summed E-state index contributed by atoms with van der Waals surface area (Å²) in [6.45, 7) is 2.72. The predicted octanol–water partition coefficient (Wildman–Crippen LogP) is 3.02. The molecule has 2 nitrogen and oxygen atoms in total. The first kappa shape index (κ1) is 13.4. The standard InChI is InChI=1S/C14H18FNOS/c1-10-13-9-12(15)4-3-11(13)5-7-16(10)14(17)6-8-18-2/h3-4,9-10H,5-8H2,1-2H3/t10-/m1/s1. The van der Waals surface area contributed by atoms with Crippen molar-refractivity contribution < 1.29 is 9.18 Å². The van der Waals surface area contributed by atoms with Crippen molar-refractivity contribution in [3.63, 3.8) is 0 Å².